The Morgan fingerprint density at radius 2 is 0.664 bits per heavy atom. The van der Waals surface area contributed by atoms with E-state index in [1.807, 2.05) is 0 Å². The number of hydrogen-bond acceptors (Lipinski definition) is 47. The molecule has 11 unspecified atom stereocenters. The highest BCUT2D eigenvalue weighted by Gasteiger charge is 2.47. The van der Waals surface area contributed by atoms with Crippen LogP contribution in [0.2, 0.25) is 0 Å². The summed E-state index contributed by atoms with van der Waals surface area (Å²) in [4.78, 5) is 0. The van der Waals surface area contributed by atoms with E-state index in [4.69, 9.17) is 195 Å². The molecule has 0 aromatic heterocycles. The Balaban J connectivity index is 0.000000769. The van der Waals surface area contributed by atoms with Crippen LogP contribution in [0.1, 0.15) is 51.4 Å². The van der Waals surface area contributed by atoms with Gasteiger partial charge in [0.25, 0.3) is 0 Å². The van der Waals surface area contributed by atoms with E-state index in [2.05, 4.69) is 45.9 Å². The van der Waals surface area contributed by atoms with Crippen LogP contribution in [-0.2, 0) is 157 Å². The third-order valence-electron chi connectivity index (χ3n) is 18.3. The van der Waals surface area contributed by atoms with E-state index >= 15 is 0 Å². The summed E-state index contributed by atoms with van der Waals surface area (Å²) in [5, 5.41) is 43.6. The maximum Gasteiger partial charge on any atom is 0.475 e. The third kappa shape index (κ3) is 53.1. The molecule has 8 aliphatic heterocycles. The minimum Gasteiger partial charge on any atom is -0.395 e. The van der Waals surface area contributed by atoms with Gasteiger partial charge in [0.05, 0.1) is 163 Å². The summed E-state index contributed by atoms with van der Waals surface area (Å²) in [7, 11) is 63.7. The number of hydrogen-bond donors (Lipinski definition) is 7. The second-order valence-corrected chi connectivity index (χ2v) is 46.4. The summed E-state index contributed by atoms with van der Waals surface area (Å²) in [6, 6.07) is -2.63. The minimum absolute atomic E-state index is 0.0111. The van der Waals surface area contributed by atoms with Crippen LogP contribution in [0.3, 0.4) is 0 Å². The molecule has 0 aliphatic carbocycles. The Morgan fingerprint density at radius 3 is 0.984 bits per heavy atom. The first-order chi connectivity index (χ1) is 61.1. The molecule has 20 radical (unpaired) electrons. The van der Waals surface area contributed by atoms with E-state index in [1.54, 1.807) is 71.4 Å². The molecule has 0 amide bonds. The van der Waals surface area contributed by atoms with Crippen LogP contribution in [-0.4, -0.2) is 476 Å². The van der Waals surface area contributed by atoms with Gasteiger partial charge in [-0.2, -0.15) is 0 Å². The smallest absolute Gasteiger partial charge is 0.395 e. The normalized spacial score (nSPS) is 31.4. The number of rotatable bonds is 54. The molecule has 8 saturated heterocycles. The molecule has 39 nitrogen and oxygen atoms in total. The van der Waals surface area contributed by atoms with Crippen molar-refractivity contribution in [2.45, 2.75) is 197 Å². The molecule has 0 aromatic rings. The van der Waals surface area contributed by atoms with Gasteiger partial charge in [-0.3, -0.25) is 54.3 Å². The number of methoxy groups -OCH3 is 8. The van der Waals surface area contributed by atoms with Crippen molar-refractivity contribution in [1.29, 1.82) is 0 Å². The number of aliphatic hydroxyl groups is 5. The van der Waals surface area contributed by atoms with E-state index in [1.165, 1.54) is 110 Å². The van der Waals surface area contributed by atoms with Gasteiger partial charge in [-0.1, -0.05) is 54.0 Å². The molecular weight excluding hydrogens is 1930 g/mol. The van der Waals surface area contributed by atoms with Gasteiger partial charge in [0.1, 0.15) is 80.2 Å². The Kier molecular flexibility index (Phi) is 76.0. The lowest BCUT2D eigenvalue weighted by Crippen LogP contribution is -2.31. The van der Waals surface area contributed by atoms with Crippen LogP contribution < -0.4 is 0 Å². The Bertz CT molecular complexity index is 2890. The van der Waals surface area contributed by atoms with E-state index in [0.29, 0.717) is 82.0 Å². The van der Waals surface area contributed by atoms with Gasteiger partial charge >= 0.3 is 37.9 Å². The topological polar surface area (TPSA) is 454 Å². The maximum absolute atomic E-state index is 13.4. The van der Waals surface area contributed by atoms with Crippen LogP contribution in [0.4, 0.5) is 0 Å². The van der Waals surface area contributed by atoms with Crippen molar-refractivity contribution in [2.75, 3.05) is 214 Å². The zero-order valence-corrected chi connectivity index (χ0v) is 86.0. The van der Waals surface area contributed by atoms with E-state index in [0.717, 1.165) is 28.3 Å². The SMILES string of the molecule is COP(=O)(OC)OC.COP(=O)(OC)OCCSS.OCCSSCCO.[B][B][C@H]1CC(OC)[C@@H](CO)O1.[B][B][C@H]1CC(OC)[C@@H](COP(=O)(OC2C[C@H]([B])O[C@@H]2COC)SSCCO)O1.[B][B][C@H]1CC(OC)[C@@H](COP(=O)(OCCSS)OC2C[C@H]([B])O[C@@H]2COC)O1.[B][B][C@H]1CC(OC)[C@@H](COP(C)(=O)OC2C[C@H]([B])O[C@@H]2COC)O1.[B][C@H]1CC(O)[C@@H](COC)O1. The second kappa shape index (κ2) is 75.2. The summed E-state index contributed by atoms with van der Waals surface area (Å²) in [5.74, 6) is 3.04. The number of phosphoric acid groups is 3. The summed E-state index contributed by atoms with van der Waals surface area (Å²) < 4.78 is 213. The first-order valence-electron chi connectivity index (χ1n) is 39.9. The molecule has 0 saturated carbocycles. The van der Waals surface area contributed by atoms with Gasteiger partial charge in [0.2, 0.25) is 0 Å². The number of thiol groups is 2. The van der Waals surface area contributed by atoms with Crippen molar-refractivity contribution in [3.8, 4) is 0 Å². The molecule has 128 heavy (non-hydrogen) atoms. The fourth-order valence-corrected chi connectivity index (χ4v) is 23.8. The molecule has 0 spiro atoms. The Hall–Kier alpha value is 3.37. The van der Waals surface area contributed by atoms with Crippen LogP contribution in [0.25, 0.3) is 0 Å². The van der Waals surface area contributed by atoms with Gasteiger partial charge in [0.15, 0.2) is 0 Å². The highest BCUT2D eigenvalue weighted by Crippen LogP contribution is 2.67. The Morgan fingerprint density at radius 1 is 0.352 bits per heavy atom. The molecule has 8 heterocycles. The fourth-order valence-electron chi connectivity index (χ4n) is 12.1. The second-order valence-electron chi connectivity index (χ2n) is 27.4. The lowest BCUT2D eigenvalue weighted by Gasteiger charge is -2.26. The summed E-state index contributed by atoms with van der Waals surface area (Å²) in [5.41, 5.74) is 0. The predicted octanol–water partition coefficient (Wildman–Crippen LogP) is 3.26. The fraction of sp³-hybridized carbons (Fsp3) is 1.00. The summed E-state index contributed by atoms with van der Waals surface area (Å²) >= 11 is 7.92. The van der Waals surface area contributed by atoms with Gasteiger partial charge in [-0.05, 0) is 51.4 Å². The van der Waals surface area contributed by atoms with Crippen LogP contribution in [0.5, 0.6) is 0 Å². The van der Waals surface area contributed by atoms with Crippen molar-refractivity contribution >= 4 is 217 Å². The molecule has 724 valence electrons. The molecule has 8 aliphatic rings. The molecule has 0 bridgehead atoms. The lowest BCUT2D eigenvalue weighted by molar-refractivity contribution is -0.0403. The van der Waals surface area contributed by atoms with Crippen LogP contribution >= 0.6 is 126 Å². The summed E-state index contributed by atoms with van der Waals surface area (Å²) in [6.07, 6.45) is -1.42. The van der Waals surface area contributed by atoms with Crippen LogP contribution in [0.15, 0.2) is 0 Å². The first kappa shape index (κ1) is 129. The molecule has 5 N–H and O–H groups in total. The number of ether oxygens (including phenoxy) is 16. The van der Waals surface area contributed by atoms with Crippen molar-refractivity contribution in [1.82, 2.24) is 0 Å². The highest BCUT2D eigenvalue weighted by molar-refractivity contribution is 8.98. The third-order valence-corrected chi connectivity index (χ3v) is 34.1. The lowest BCUT2D eigenvalue weighted by atomic mass is 9.51. The zero-order chi connectivity index (χ0) is 96.3. The van der Waals surface area contributed by atoms with Gasteiger partial charge in [-0.15, -0.1) is 23.3 Å². The standard InChI is InChI=1S/2C14H25B3O8PS2.C13H23B3O7P.C6H11B2O3.C6H11BO3.C4H11O4PS2.C4H10O2S2.C3H9O4P/c1-19-7-11-10(5-13(15)23-11)25-26(18,21-3-4-28-27)22-8-12-9(20-2)6-14(17-16)24-12;1-20-7-11-10(5-13(15)23-11)25-26(19,28-27-4-3-18)22-8-12-9(21-2)6-14(17-16)24-12;1-18-6-10-9(4-12(14)21-10)23-24(3,17)20-7-11-8(19-2)5-13(16-15)22-11;1-10-4-2-6(8-7)11-5(4)3-9;1-9-3-5-4(8)2-6(7)10-5;1-6-9(5,7-2)8-3-4-11-10;5-1-3-7-8-4-2-6;1-5-8(4,6-2)7-3/h9-14,27H,3-8H2,1-2H3;9-14,18H,3-8H2,1-2H3;8-13H,4-7H2,1-3H3;4-6,9H,2-3H2,1H3;4-6,8H,2-3H2,1H3;10H,3-4H2,1-2H3;5-6H,1-4H2;1-3H3/t2*9?,10?,11-,12-,13-,14-,26?;8?,9?,10-,11-,12-,13-,24?;2*4?,5-,6-;;;/m11111.../s1. The quantitative estimate of drug-likeness (QED) is 0.0151. The molecular formula is C64H125B12O39P5S8. The largest absolute Gasteiger partial charge is 0.475 e. The summed E-state index contributed by atoms with van der Waals surface area (Å²) in [6.45, 7) is -0.0612. The van der Waals surface area contributed by atoms with E-state index in [9.17, 15) is 27.9 Å². The monoisotopic (exact) mass is 2060 g/mol. The van der Waals surface area contributed by atoms with Gasteiger partial charge in [0, 0.05) is 217 Å². The Labute approximate surface area is 804 Å². The molecule has 27 atom stereocenters. The molecule has 0 aromatic carbocycles. The van der Waals surface area contributed by atoms with Gasteiger partial charge < -0.3 is 110 Å². The van der Waals surface area contributed by atoms with E-state index < -0.39 is 105 Å². The van der Waals surface area contributed by atoms with Crippen molar-refractivity contribution in [3.05, 3.63) is 0 Å². The van der Waals surface area contributed by atoms with Crippen molar-refractivity contribution in [2.24, 2.45) is 0 Å². The molecule has 64 heteroatoms. The average molecular weight is 2060 g/mol. The molecule has 8 rings (SSSR count). The zero-order valence-electron chi connectivity index (χ0n) is 74.9. The minimum atomic E-state index is -3.92. The van der Waals surface area contributed by atoms with Gasteiger partial charge in [-0.25, -0.2) is 18.3 Å². The highest BCUT2D eigenvalue weighted by atomic mass is 33.3. The van der Waals surface area contributed by atoms with Crippen molar-refractivity contribution < 1.29 is 183 Å². The maximum atomic E-state index is 13.4. The van der Waals surface area contributed by atoms with Crippen molar-refractivity contribution in [3.63, 3.8) is 0 Å². The van der Waals surface area contributed by atoms with E-state index in [-0.39, 0.29) is 145 Å². The number of phosphoric ester groups is 3. The molecule has 8 fully saturated rings. The average Bonchev–Trinajstić information content (AvgIpc) is 1.48. The van der Waals surface area contributed by atoms with Crippen LogP contribution in [0, 0.1) is 0 Å². The predicted molar refractivity (Wildman–Crippen MR) is 512 cm³/mol. The first-order valence-corrected chi connectivity index (χ1v) is 57.3. The number of aliphatic hydroxyl groups excluding tert-OH is 5.